The van der Waals surface area contributed by atoms with Gasteiger partial charge in [-0.2, -0.15) is 0 Å². The number of hydrogen-bond donors (Lipinski definition) is 2. The van der Waals surface area contributed by atoms with Crippen molar-refractivity contribution < 1.29 is 14.3 Å². The van der Waals surface area contributed by atoms with Crippen LogP contribution in [0.4, 0.5) is 0 Å². The molecule has 3 aromatic rings. The van der Waals surface area contributed by atoms with E-state index in [-0.39, 0.29) is 5.91 Å². The molecule has 2 aromatic heterocycles. The first-order valence-electron chi connectivity index (χ1n) is 7.59. The van der Waals surface area contributed by atoms with Crippen molar-refractivity contribution in [1.29, 1.82) is 0 Å². The van der Waals surface area contributed by atoms with Crippen LogP contribution in [0.2, 0.25) is 0 Å². The molecule has 2 amide bonds. The number of nitrogens with one attached hydrogen (secondary N) is 2. The van der Waals surface area contributed by atoms with Gasteiger partial charge in [-0.25, -0.2) is 0 Å². The Morgan fingerprint density at radius 1 is 1.08 bits per heavy atom. The van der Waals surface area contributed by atoms with Gasteiger partial charge in [-0.1, -0.05) is 12.1 Å². The predicted octanol–water partition coefficient (Wildman–Crippen LogP) is 3.56. The Kier molecular flexibility index (Phi) is 5.98. The quantitative estimate of drug-likeness (QED) is 0.605. The molecule has 0 bridgehead atoms. The zero-order valence-electron chi connectivity index (χ0n) is 13.4. The number of benzene rings is 1. The number of amides is 2. The lowest BCUT2D eigenvalue weighted by Gasteiger charge is -2.09. The molecule has 0 aliphatic carbocycles. The highest BCUT2D eigenvalue weighted by molar-refractivity contribution is 9.11. The highest BCUT2D eigenvalue weighted by atomic mass is 79.9. The van der Waals surface area contributed by atoms with Gasteiger partial charge >= 0.3 is 0 Å². The summed E-state index contributed by atoms with van der Waals surface area (Å²) in [5, 5.41) is 0. The van der Waals surface area contributed by atoms with Crippen molar-refractivity contribution in [3.63, 3.8) is 0 Å². The summed E-state index contributed by atoms with van der Waals surface area (Å²) in [6.45, 7) is 0.350. The molecule has 0 atom stereocenters. The van der Waals surface area contributed by atoms with Crippen molar-refractivity contribution >= 4 is 39.1 Å². The van der Waals surface area contributed by atoms with E-state index in [0.29, 0.717) is 22.8 Å². The standard InChI is InChI=1S/C18H14BrN3O3S/c19-16-7-6-15(26-16)18(24)22-21-17(23)13-4-1-5-14(9-13)25-11-12-3-2-8-20-10-12/h1-10H,11H2,(H,21,23)(H,22,24). The monoisotopic (exact) mass is 431 g/mol. The van der Waals surface area contributed by atoms with Crippen LogP contribution in [0.15, 0.2) is 64.7 Å². The number of hydrogen-bond acceptors (Lipinski definition) is 5. The second kappa shape index (κ2) is 8.59. The van der Waals surface area contributed by atoms with E-state index in [2.05, 4.69) is 31.8 Å². The van der Waals surface area contributed by atoms with Gasteiger partial charge in [-0.3, -0.25) is 25.4 Å². The molecule has 0 unspecified atom stereocenters. The van der Waals surface area contributed by atoms with Crippen LogP contribution in [-0.2, 0) is 6.61 Å². The number of aromatic nitrogens is 1. The third-order valence-electron chi connectivity index (χ3n) is 3.31. The number of hydrazine groups is 1. The van der Waals surface area contributed by atoms with Crippen molar-refractivity contribution in [2.45, 2.75) is 6.61 Å². The largest absolute Gasteiger partial charge is 0.489 e. The molecule has 132 valence electrons. The molecule has 6 nitrogen and oxygen atoms in total. The van der Waals surface area contributed by atoms with E-state index in [9.17, 15) is 9.59 Å². The van der Waals surface area contributed by atoms with Crippen molar-refractivity contribution in [3.05, 3.63) is 80.7 Å². The zero-order chi connectivity index (χ0) is 18.4. The summed E-state index contributed by atoms with van der Waals surface area (Å²) in [5.41, 5.74) is 6.09. The van der Waals surface area contributed by atoms with Crippen LogP contribution in [0.1, 0.15) is 25.6 Å². The van der Waals surface area contributed by atoms with Crippen LogP contribution in [0.5, 0.6) is 5.75 Å². The van der Waals surface area contributed by atoms with E-state index in [1.165, 1.54) is 11.3 Å². The van der Waals surface area contributed by atoms with Crippen molar-refractivity contribution in [2.75, 3.05) is 0 Å². The SMILES string of the molecule is O=C(NNC(=O)c1ccc(Br)s1)c1cccc(OCc2cccnc2)c1. The van der Waals surface area contributed by atoms with Gasteiger partial charge in [0, 0.05) is 23.5 Å². The first kappa shape index (κ1) is 18.1. The summed E-state index contributed by atoms with van der Waals surface area (Å²) in [7, 11) is 0. The van der Waals surface area contributed by atoms with E-state index >= 15 is 0 Å². The maximum atomic E-state index is 12.2. The molecular formula is C18H14BrN3O3S. The topological polar surface area (TPSA) is 80.3 Å². The molecule has 26 heavy (non-hydrogen) atoms. The summed E-state index contributed by atoms with van der Waals surface area (Å²) in [4.78, 5) is 28.7. The molecular weight excluding hydrogens is 418 g/mol. The highest BCUT2D eigenvalue weighted by Crippen LogP contribution is 2.21. The van der Waals surface area contributed by atoms with Crippen molar-refractivity contribution in [3.8, 4) is 5.75 Å². The lowest BCUT2D eigenvalue weighted by molar-refractivity contribution is 0.0848. The van der Waals surface area contributed by atoms with Crippen LogP contribution in [0.25, 0.3) is 0 Å². The maximum absolute atomic E-state index is 12.2. The third kappa shape index (κ3) is 4.90. The second-order valence-electron chi connectivity index (χ2n) is 5.19. The fraction of sp³-hybridized carbons (Fsp3) is 0.0556. The molecule has 0 fully saturated rings. The molecule has 2 heterocycles. The lowest BCUT2D eigenvalue weighted by atomic mass is 10.2. The minimum absolute atomic E-state index is 0.350. The first-order chi connectivity index (χ1) is 12.6. The van der Waals surface area contributed by atoms with Gasteiger partial charge in [0.2, 0.25) is 0 Å². The average Bonchev–Trinajstić information content (AvgIpc) is 3.12. The third-order valence-corrected chi connectivity index (χ3v) is 4.93. The van der Waals surface area contributed by atoms with E-state index in [4.69, 9.17) is 4.74 Å². The number of nitrogens with zero attached hydrogens (tertiary/aromatic N) is 1. The van der Waals surface area contributed by atoms with Crippen LogP contribution in [0.3, 0.4) is 0 Å². The summed E-state index contributed by atoms with van der Waals surface area (Å²) in [5.74, 6) is -0.256. The Bertz CT molecular complexity index is 915. The second-order valence-corrected chi connectivity index (χ2v) is 7.65. The smallest absolute Gasteiger partial charge is 0.279 e. The van der Waals surface area contributed by atoms with Gasteiger partial charge in [0.25, 0.3) is 11.8 Å². The Hall–Kier alpha value is -2.71. The predicted molar refractivity (Wildman–Crippen MR) is 102 cm³/mol. The Balaban J connectivity index is 1.56. The average molecular weight is 432 g/mol. The Morgan fingerprint density at radius 3 is 2.65 bits per heavy atom. The number of carbonyl (C=O) groups excluding carboxylic acids is 2. The van der Waals surface area contributed by atoms with Gasteiger partial charge in [-0.15, -0.1) is 11.3 Å². The van der Waals surface area contributed by atoms with Gasteiger partial charge in [0.15, 0.2) is 0 Å². The van der Waals surface area contributed by atoms with Gasteiger partial charge in [-0.05, 0) is 52.3 Å². The number of ether oxygens (including phenoxy) is 1. The van der Waals surface area contributed by atoms with Crippen molar-refractivity contribution in [2.24, 2.45) is 0 Å². The lowest BCUT2D eigenvalue weighted by Crippen LogP contribution is -2.41. The number of rotatable bonds is 5. The molecule has 0 spiro atoms. The maximum Gasteiger partial charge on any atom is 0.279 e. The molecule has 0 aliphatic rings. The number of pyridine rings is 1. The molecule has 3 rings (SSSR count). The minimum Gasteiger partial charge on any atom is -0.489 e. The van der Waals surface area contributed by atoms with Crippen LogP contribution in [-0.4, -0.2) is 16.8 Å². The molecule has 0 saturated heterocycles. The van der Waals surface area contributed by atoms with E-state index in [0.717, 1.165) is 9.35 Å². The van der Waals surface area contributed by atoms with Gasteiger partial charge < -0.3 is 4.74 Å². The van der Waals surface area contributed by atoms with E-state index in [1.807, 2.05) is 12.1 Å². The number of halogens is 1. The molecule has 8 heteroatoms. The number of thiophene rings is 1. The van der Waals surface area contributed by atoms with Gasteiger partial charge in [0.1, 0.15) is 12.4 Å². The zero-order valence-corrected chi connectivity index (χ0v) is 15.8. The van der Waals surface area contributed by atoms with Crippen LogP contribution in [0, 0.1) is 0 Å². The van der Waals surface area contributed by atoms with E-state index in [1.54, 1.807) is 48.8 Å². The fourth-order valence-electron chi connectivity index (χ4n) is 2.06. The van der Waals surface area contributed by atoms with Crippen molar-refractivity contribution in [1.82, 2.24) is 15.8 Å². The van der Waals surface area contributed by atoms with E-state index < -0.39 is 5.91 Å². The molecule has 2 N–H and O–H groups in total. The Morgan fingerprint density at radius 2 is 1.92 bits per heavy atom. The normalized spacial score (nSPS) is 10.2. The Labute approximate surface area is 162 Å². The minimum atomic E-state index is -0.430. The first-order valence-corrected chi connectivity index (χ1v) is 9.20. The fourth-order valence-corrected chi connectivity index (χ4v) is 3.34. The molecule has 1 aromatic carbocycles. The molecule has 0 saturated carbocycles. The number of carbonyl (C=O) groups is 2. The molecule has 0 aliphatic heterocycles. The van der Waals surface area contributed by atoms with Crippen LogP contribution < -0.4 is 15.6 Å². The summed E-state index contributed by atoms with van der Waals surface area (Å²) in [6.07, 6.45) is 3.41. The van der Waals surface area contributed by atoms with Crippen LogP contribution >= 0.6 is 27.3 Å². The van der Waals surface area contributed by atoms with Gasteiger partial charge in [0.05, 0.1) is 8.66 Å². The summed E-state index contributed by atoms with van der Waals surface area (Å²) < 4.78 is 6.51. The summed E-state index contributed by atoms with van der Waals surface area (Å²) >= 11 is 4.57. The summed E-state index contributed by atoms with van der Waals surface area (Å²) in [6, 6.07) is 13.9. The highest BCUT2D eigenvalue weighted by Gasteiger charge is 2.11. The molecule has 0 radical (unpaired) electrons.